The van der Waals surface area contributed by atoms with E-state index in [-0.39, 0.29) is 0 Å². The number of ether oxygens (including phenoxy) is 1. The van der Waals surface area contributed by atoms with Gasteiger partial charge >= 0.3 is 0 Å². The van der Waals surface area contributed by atoms with Gasteiger partial charge in [-0.05, 0) is 38.1 Å². The Balaban J connectivity index is 2.28. The molecule has 0 aromatic carbocycles. The van der Waals surface area contributed by atoms with Gasteiger partial charge in [-0.1, -0.05) is 33.1 Å². The van der Waals surface area contributed by atoms with E-state index in [9.17, 15) is 0 Å². The number of hydrogen-bond acceptors (Lipinski definition) is 2. The van der Waals surface area contributed by atoms with Crippen molar-refractivity contribution in [3.05, 3.63) is 0 Å². The third kappa shape index (κ3) is 5.31. The van der Waals surface area contributed by atoms with E-state index in [1.165, 1.54) is 38.5 Å². The van der Waals surface area contributed by atoms with Gasteiger partial charge in [0.05, 0.1) is 6.61 Å². The van der Waals surface area contributed by atoms with E-state index >= 15 is 0 Å². The average molecular weight is 227 g/mol. The second-order valence-corrected chi connectivity index (χ2v) is 5.03. The third-order valence-corrected chi connectivity index (χ3v) is 3.52. The van der Waals surface area contributed by atoms with Crippen molar-refractivity contribution in [2.24, 2.45) is 5.92 Å². The number of nitrogens with one attached hydrogen (secondary N) is 1. The van der Waals surface area contributed by atoms with Gasteiger partial charge in [0.15, 0.2) is 0 Å². The molecule has 1 fully saturated rings. The lowest BCUT2D eigenvalue weighted by molar-refractivity contribution is 0.0847. The molecular weight excluding hydrogens is 198 g/mol. The van der Waals surface area contributed by atoms with Gasteiger partial charge in [0.2, 0.25) is 0 Å². The zero-order valence-electron chi connectivity index (χ0n) is 11.1. The first-order valence-electron chi connectivity index (χ1n) is 7.19. The molecule has 0 spiro atoms. The van der Waals surface area contributed by atoms with Gasteiger partial charge < -0.3 is 10.1 Å². The first kappa shape index (κ1) is 14.0. The molecule has 1 rings (SSSR count). The Labute approximate surface area is 101 Å². The van der Waals surface area contributed by atoms with Gasteiger partial charge in [0, 0.05) is 12.6 Å². The first-order valence-corrected chi connectivity index (χ1v) is 7.19. The molecule has 0 amide bonds. The number of rotatable bonds is 8. The topological polar surface area (TPSA) is 21.3 Å². The quantitative estimate of drug-likeness (QED) is 0.642. The normalized spacial score (nSPS) is 19.9. The Morgan fingerprint density at radius 2 is 1.88 bits per heavy atom. The molecule has 0 saturated heterocycles. The molecule has 0 aliphatic heterocycles. The van der Waals surface area contributed by atoms with Gasteiger partial charge in [-0.3, -0.25) is 0 Å². The smallest absolute Gasteiger partial charge is 0.0622 e. The van der Waals surface area contributed by atoms with Crippen molar-refractivity contribution in [3.8, 4) is 0 Å². The lowest BCUT2D eigenvalue weighted by Gasteiger charge is -2.31. The summed E-state index contributed by atoms with van der Waals surface area (Å²) in [6.07, 6.45) is 9.42. The molecule has 96 valence electrons. The van der Waals surface area contributed by atoms with Crippen LogP contribution in [-0.2, 0) is 4.74 Å². The maximum absolute atomic E-state index is 5.73. The molecule has 0 heterocycles. The molecule has 1 N–H and O–H groups in total. The second kappa shape index (κ2) is 9.00. The Bertz CT molecular complexity index is 155. The summed E-state index contributed by atoms with van der Waals surface area (Å²) in [6.45, 7) is 7.37. The summed E-state index contributed by atoms with van der Waals surface area (Å²) in [5, 5.41) is 3.67. The standard InChI is InChI=1S/C14H29NO/c1-3-10-15-14(12-16-11-4-2)13-8-6-5-7-9-13/h13-15H,3-12H2,1-2H3. The summed E-state index contributed by atoms with van der Waals surface area (Å²) in [4.78, 5) is 0. The molecule has 1 saturated carbocycles. The van der Waals surface area contributed by atoms with E-state index in [1.54, 1.807) is 0 Å². The van der Waals surface area contributed by atoms with Crippen LogP contribution in [0.3, 0.4) is 0 Å². The molecule has 2 heteroatoms. The molecule has 0 aromatic rings. The molecular formula is C14H29NO. The fraction of sp³-hybridized carbons (Fsp3) is 1.00. The third-order valence-electron chi connectivity index (χ3n) is 3.52. The van der Waals surface area contributed by atoms with E-state index in [0.29, 0.717) is 6.04 Å². The van der Waals surface area contributed by atoms with Crippen molar-refractivity contribution in [1.82, 2.24) is 5.32 Å². The minimum atomic E-state index is 0.604. The zero-order chi connectivity index (χ0) is 11.6. The Morgan fingerprint density at radius 3 is 2.50 bits per heavy atom. The van der Waals surface area contributed by atoms with Crippen LogP contribution in [0.15, 0.2) is 0 Å². The van der Waals surface area contributed by atoms with Crippen LogP contribution in [0.25, 0.3) is 0 Å². The van der Waals surface area contributed by atoms with Gasteiger partial charge in [-0.2, -0.15) is 0 Å². The maximum Gasteiger partial charge on any atom is 0.0622 e. The van der Waals surface area contributed by atoms with Crippen molar-refractivity contribution in [2.45, 2.75) is 64.8 Å². The minimum Gasteiger partial charge on any atom is -0.380 e. The monoisotopic (exact) mass is 227 g/mol. The first-order chi connectivity index (χ1) is 7.88. The largest absolute Gasteiger partial charge is 0.380 e. The van der Waals surface area contributed by atoms with Crippen LogP contribution in [0.2, 0.25) is 0 Å². The Morgan fingerprint density at radius 1 is 1.12 bits per heavy atom. The fourth-order valence-corrected chi connectivity index (χ4v) is 2.58. The summed E-state index contributed by atoms with van der Waals surface area (Å²) < 4.78 is 5.73. The van der Waals surface area contributed by atoms with Crippen molar-refractivity contribution in [1.29, 1.82) is 0 Å². The lowest BCUT2D eigenvalue weighted by Crippen LogP contribution is -2.41. The van der Waals surface area contributed by atoms with Crippen LogP contribution >= 0.6 is 0 Å². The maximum atomic E-state index is 5.73. The highest BCUT2D eigenvalue weighted by atomic mass is 16.5. The highest BCUT2D eigenvalue weighted by Gasteiger charge is 2.22. The fourth-order valence-electron chi connectivity index (χ4n) is 2.58. The lowest BCUT2D eigenvalue weighted by atomic mass is 9.84. The van der Waals surface area contributed by atoms with Crippen molar-refractivity contribution < 1.29 is 4.74 Å². The Hall–Kier alpha value is -0.0800. The van der Waals surface area contributed by atoms with Crippen LogP contribution in [0, 0.1) is 5.92 Å². The van der Waals surface area contributed by atoms with Crippen molar-refractivity contribution in [2.75, 3.05) is 19.8 Å². The summed E-state index contributed by atoms with van der Waals surface area (Å²) in [5.74, 6) is 0.858. The summed E-state index contributed by atoms with van der Waals surface area (Å²) in [7, 11) is 0. The molecule has 0 aromatic heterocycles. The van der Waals surface area contributed by atoms with Crippen LogP contribution in [0.1, 0.15) is 58.8 Å². The molecule has 1 unspecified atom stereocenters. The van der Waals surface area contributed by atoms with Gasteiger partial charge in [0.1, 0.15) is 0 Å². The van der Waals surface area contributed by atoms with Crippen LogP contribution in [-0.4, -0.2) is 25.8 Å². The van der Waals surface area contributed by atoms with Crippen molar-refractivity contribution in [3.63, 3.8) is 0 Å². The molecule has 1 aliphatic carbocycles. The molecule has 0 radical (unpaired) electrons. The highest BCUT2D eigenvalue weighted by Crippen LogP contribution is 2.26. The highest BCUT2D eigenvalue weighted by molar-refractivity contribution is 4.79. The van der Waals surface area contributed by atoms with E-state index in [0.717, 1.165) is 32.1 Å². The van der Waals surface area contributed by atoms with Gasteiger partial charge in [0.25, 0.3) is 0 Å². The molecule has 16 heavy (non-hydrogen) atoms. The zero-order valence-corrected chi connectivity index (χ0v) is 11.1. The molecule has 1 atom stereocenters. The van der Waals surface area contributed by atoms with E-state index < -0.39 is 0 Å². The predicted octanol–water partition coefficient (Wildman–Crippen LogP) is 3.36. The molecule has 1 aliphatic rings. The number of hydrogen-bond donors (Lipinski definition) is 1. The summed E-state index contributed by atoms with van der Waals surface area (Å²) >= 11 is 0. The second-order valence-electron chi connectivity index (χ2n) is 5.03. The molecule has 2 nitrogen and oxygen atoms in total. The summed E-state index contributed by atoms with van der Waals surface area (Å²) in [5.41, 5.74) is 0. The minimum absolute atomic E-state index is 0.604. The Kier molecular flexibility index (Phi) is 7.87. The SMILES string of the molecule is CCCNC(COCCC)C1CCCCC1. The molecule has 0 bridgehead atoms. The van der Waals surface area contributed by atoms with Crippen LogP contribution < -0.4 is 5.32 Å². The van der Waals surface area contributed by atoms with E-state index in [2.05, 4.69) is 19.2 Å². The average Bonchev–Trinajstić information content (AvgIpc) is 2.35. The van der Waals surface area contributed by atoms with E-state index in [4.69, 9.17) is 4.74 Å². The van der Waals surface area contributed by atoms with Gasteiger partial charge in [-0.25, -0.2) is 0 Å². The van der Waals surface area contributed by atoms with Crippen LogP contribution in [0.5, 0.6) is 0 Å². The van der Waals surface area contributed by atoms with Crippen LogP contribution in [0.4, 0.5) is 0 Å². The summed E-state index contributed by atoms with van der Waals surface area (Å²) in [6, 6.07) is 0.604. The van der Waals surface area contributed by atoms with Crippen molar-refractivity contribution >= 4 is 0 Å². The predicted molar refractivity (Wildman–Crippen MR) is 69.8 cm³/mol. The van der Waals surface area contributed by atoms with Gasteiger partial charge in [-0.15, -0.1) is 0 Å². The van der Waals surface area contributed by atoms with E-state index in [1.807, 2.05) is 0 Å².